The van der Waals surface area contributed by atoms with Gasteiger partial charge in [-0.15, -0.1) is 0 Å². The monoisotopic (exact) mass is 241 g/mol. The fourth-order valence-electron chi connectivity index (χ4n) is 2.98. The standard InChI is InChI=1S/C13H27N3O/c1-10(2)5-6-12(15-14)13-8-16-7-3-4-11(16)9-17-13/h10-13,15H,3-9,14H2,1-2H3. The van der Waals surface area contributed by atoms with Gasteiger partial charge in [0.2, 0.25) is 0 Å². The zero-order valence-electron chi connectivity index (χ0n) is 11.2. The van der Waals surface area contributed by atoms with Crippen molar-refractivity contribution in [2.24, 2.45) is 11.8 Å². The molecule has 3 unspecified atom stereocenters. The van der Waals surface area contributed by atoms with Crippen LogP contribution in [0.2, 0.25) is 0 Å². The van der Waals surface area contributed by atoms with E-state index in [9.17, 15) is 0 Å². The van der Waals surface area contributed by atoms with E-state index in [1.54, 1.807) is 0 Å². The molecule has 0 aromatic rings. The summed E-state index contributed by atoms with van der Waals surface area (Å²) < 4.78 is 5.99. The van der Waals surface area contributed by atoms with E-state index < -0.39 is 0 Å². The molecule has 3 N–H and O–H groups in total. The van der Waals surface area contributed by atoms with Gasteiger partial charge in [0.05, 0.1) is 12.7 Å². The van der Waals surface area contributed by atoms with Crippen LogP contribution in [0, 0.1) is 5.92 Å². The maximum absolute atomic E-state index is 5.99. The van der Waals surface area contributed by atoms with Crippen molar-refractivity contribution in [2.75, 3.05) is 19.7 Å². The molecule has 0 radical (unpaired) electrons. The molecular formula is C13H27N3O. The second-order valence-corrected chi connectivity index (χ2v) is 5.91. The summed E-state index contributed by atoms with van der Waals surface area (Å²) in [6.45, 7) is 7.70. The SMILES string of the molecule is CC(C)CCC(NN)C1CN2CCCC2CO1. The molecule has 0 bridgehead atoms. The summed E-state index contributed by atoms with van der Waals surface area (Å²) in [5, 5.41) is 0. The number of nitrogens with two attached hydrogens (primary N) is 1. The number of rotatable bonds is 5. The van der Waals surface area contributed by atoms with Crippen molar-refractivity contribution < 1.29 is 4.74 Å². The zero-order valence-corrected chi connectivity index (χ0v) is 11.2. The Labute approximate surface area is 105 Å². The summed E-state index contributed by atoms with van der Waals surface area (Å²) in [7, 11) is 0. The van der Waals surface area contributed by atoms with Crippen LogP contribution >= 0.6 is 0 Å². The molecule has 100 valence electrons. The molecular weight excluding hydrogens is 214 g/mol. The van der Waals surface area contributed by atoms with Gasteiger partial charge in [-0.1, -0.05) is 13.8 Å². The minimum absolute atomic E-state index is 0.271. The van der Waals surface area contributed by atoms with E-state index in [2.05, 4.69) is 24.2 Å². The molecule has 4 nitrogen and oxygen atoms in total. The van der Waals surface area contributed by atoms with Crippen LogP contribution in [0.3, 0.4) is 0 Å². The van der Waals surface area contributed by atoms with E-state index in [1.807, 2.05) is 0 Å². The van der Waals surface area contributed by atoms with Crippen molar-refractivity contribution in [1.82, 2.24) is 10.3 Å². The van der Waals surface area contributed by atoms with Gasteiger partial charge in [-0.05, 0) is 38.1 Å². The second kappa shape index (κ2) is 6.14. The quantitative estimate of drug-likeness (QED) is 0.559. The number of nitrogens with one attached hydrogen (secondary N) is 1. The number of morpholine rings is 1. The van der Waals surface area contributed by atoms with Gasteiger partial charge in [-0.25, -0.2) is 0 Å². The average Bonchev–Trinajstić information content (AvgIpc) is 2.76. The van der Waals surface area contributed by atoms with Crippen molar-refractivity contribution in [3.8, 4) is 0 Å². The van der Waals surface area contributed by atoms with E-state index in [0.29, 0.717) is 12.1 Å². The lowest BCUT2D eigenvalue weighted by Crippen LogP contribution is -2.55. The van der Waals surface area contributed by atoms with Crippen LogP contribution in [0.25, 0.3) is 0 Å². The highest BCUT2D eigenvalue weighted by Crippen LogP contribution is 2.24. The molecule has 0 amide bonds. The first kappa shape index (κ1) is 13.3. The fourth-order valence-corrected chi connectivity index (χ4v) is 2.98. The topological polar surface area (TPSA) is 50.5 Å². The Kier molecular flexibility index (Phi) is 4.79. The number of nitrogens with zero attached hydrogens (tertiary/aromatic N) is 1. The highest BCUT2D eigenvalue weighted by molar-refractivity contribution is 4.89. The third kappa shape index (κ3) is 3.41. The van der Waals surface area contributed by atoms with Gasteiger partial charge in [0.15, 0.2) is 0 Å². The van der Waals surface area contributed by atoms with E-state index in [-0.39, 0.29) is 6.10 Å². The number of hydrogen-bond acceptors (Lipinski definition) is 4. The normalized spacial score (nSPS) is 31.8. The van der Waals surface area contributed by atoms with E-state index in [4.69, 9.17) is 10.6 Å². The zero-order chi connectivity index (χ0) is 12.3. The number of ether oxygens (including phenoxy) is 1. The maximum Gasteiger partial charge on any atom is 0.0868 e. The molecule has 0 aliphatic carbocycles. The lowest BCUT2D eigenvalue weighted by molar-refractivity contribution is -0.0662. The van der Waals surface area contributed by atoms with Gasteiger partial charge >= 0.3 is 0 Å². The predicted molar refractivity (Wildman–Crippen MR) is 69.5 cm³/mol. The molecule has 4 heteroatoms. The van der Waals surface area contributed by atoms with Crippen LogP contribution < -0.4 is 11.3 Å². The Bertz CT molecular complexity index is 235. The molecule has 17 heavy (non-hydrogen) atoms. The van der Waals surface area contributed by atoms with Crippen molar-refractivity contribution in [2.45, 2.75) is 57.7 Å². The first-order valence-electron chi connectivity index (χ1n) is 7.02. The van der Waals surface area contributed by atoms with Crippen LogP contribution in [-0.2, 0) is 4.74 Å². The van der Waals surface area contributed by atoms with Crippen LogP contribution in [0.5, 0.6) is 0 Å². The first-order valence-corrected chi connectivity index (χ1v) is 7.02. The lowest BCUT2D eigenvalue weighted by Gasteiger charge is -2.38. The van der Waals surface area contributed by atoms with Gasteiger partial charge in [-0.2, -0.15) is 0 Å². The molecule has 3 atom stereocenters. The minimum atomic E-state index is 0.271. The Hall–Kier alpha value is -0.160. The Morgan fingerprint density at radius 3 is 2.94 bits per heavy atom. The fraction of sp³-hybridized carbons (Fsp3) is 1.00. The molecule has 2 rings (SSSR count). The second-order valence-electron chi connectivity index (χ2n) is 5.91. The van der Waals surface area contributed by atoms with Gasteiger partial charge < -0.3 is 4.74 Å². The molecule has 0 spiro atoms. The molecule has 0 aromatic heterocycles. The first-order chi connectivity index (χ1) is 8.20. The number of hydrogen-bond donors (Lipinski definition) is 2. The summed E-state index contributed by atoms with van der Waals surface area (Å²) in [5.41, 5.74) is 2.96. The summed E-state index contributed by atoms with van der Waals surface area (Å²) in [5.74, 6) is 6.41. The molecule has 2 saturated heterocycles. The van der Waals surface area contributed by atoms with Crippen molar-refractivity contribution in [1.29, 1.82) is 0 Å². The van der Waals surface area contributed by atoms with Crippen LogP contribution in [0.4, 0.5) is 0 Å². The minimum Gasteiger partial charge on any atom is -0.374 e. The molecule has 2 aliphatic heterocycles. The van der Waals surface area contributed by atoms with Gasteiger partial charge in [0.25, 0.3) is 0 Å². The predicted octanol–water partition coefficient (Wildman–Crippen LogP) is 1.12. The summed E-state index contributed by atoms with van der Waals surface area (Å²) >= 11 is 0. The Morgan fingerprint density at radius 2 is 2.24 bits per heavy atom. The summed E-state index contributed by atoms with van der Waals surface area (Å²) in [6.07, 6.45) is 5.22. The third-order valence-electron chi connectivity index (χ3n) is 4.13. The van der Waals surface area contributed by atoms with Crippen LogP contribution in [0.1, 0.15) is 39.5 Å². The molecule has 2 heterocycles. The number of fused-ring (bicyclic) bond motifs is 1. The molecule has 2 fully saturated rings. The maximum atomic E-state index is 5.99. The number of hydrazine groups is 1. The largest absolute Gasteiger partial charge is 0.374 e. The lowest BCUT2D eigenvalue weighted by atomic mass is 9.98. The van der Waals surface area contributed by atoms with E-state index >= 15 is 0 Å². The Morgan fingerprint density at radius 1 is 1.41 bits per heavy atom. The van der Waals surface area contributed by atoms with Crippen LogP contribution in [0.15, 0.2) is 0 Å². The van der Waals surface area contributed by atoms with Gasteiger partial charge in [0.1, 0.15) is 0 Å². The van der Waals surface area contributed by atoms with Crippen molar-refractivity contribution >= 4 is 0 Å². The Balaban J connectivity index is 1.82. The summed E-state index contributed by atoms with van der Waals surface area (Å²) in [6, 6.07) is 0.980. The molecule has 2 aliphatic rings. The smallest absolute Gasteiger partial charge is 0.0868 e. The molecule has 0 saturated carbocycles. The average molecular weight is 241 g/mol. The van der Waals surface area contributed by atoms with Crippen molar-refractivity contribution in [3.05, 3.63) is 0 Å². The third-order valence-corrected chi connectivity index (χ3v) is 4.13. The summed E-state index contributed by atoms with van der Waals surface area (Å²) in [4.78, 5) is 2.58. The van der Waals surface area contributed by atoms with E-state index in [0.717, 1.165) is 25.5 Å². The van der Waals surface area contributed by atoms with Gasteiger partial charge in [-0.3, -0.25) is 16.2 Å². The highest BCUT2D eigenvalue weighted by Gasteiger charge is 2.35. The highest BCUT2D eigenvalue weighted by atomic mass is 16.5. The van der Waals surface area contributed by atoms with Crippen LogP contribution in [-0.4, -0.2) is 42.8 Å². The molecule has 0 aromatic carbocycles. The van der Waals surface area contributed by atoms with Gasteiger partial charge in [0, 0.05) is 18.6 Å². The van der Waals surface area contributed by atoms with E-state index in [1.165, 1.54) is 25.8 Å². The van der Waals surface area contributed by atoms with Crippen molar-refractivity contribution in [3.63, 3.8) is 0 Å².